The molecule has 2 aromatic heterocycles. The molecule has 2 aliphatic rings. The number of rotatable bonds is 5. The second-order valence-corrected chi connectivity index (χ2v) is 14.5. The maximum absolute atomic E-state index is 12.7. The van der Waals surface area contributed by atoms with E-state index in [2.05, 4.69) is 50.1 Å². The van der Waals surface area contributed by atoms with Gasteiger partial charge < -0.3 is 15.1 Å². The molecule has 2 N–H and O–H groups in total. The summed E-state index contributed by atoms with van der Waals surface area (Å²) in [6, 6.07) is 14.5. The van der Waals surface area contributed by atoms with E-state index < -0.39 is 14.8 Å². The number of anilines is 4. The number of hydrogen-bond acceptors (Lipinski definition) is 8. The van der Waals surface area contributed by atoms with Crippen molar-refractivity contribution in [3.05, 3.63) is 59.6 Å². The standard InChI is InChI=1S/C28H32N6O2S2/c1-28(2,3)38(35,36)32-21-7-5-6-18(12-21)23-17-37-25-15-29-27(31-26(23)25)30-20-8-9-24-19(13-20)14-22-16-33(4)10-11-34(22)24/h5-9,12-13,15,17,22,32H,10-11,14,16H2,1-4H3,(H,29,30,31). The molecule has 198 valence electrons. The van der Waals surface area contributed by atoms with E-state index in [0.29, 0.717) is 17.7 Å². The fraction of sp³-hybridized carbons (Fsp3) is 0.357. The topological polar surface area (TPSA) is 90.5 Å². The molecule has 6 rings (SSSR count). The summed E-state index contributed by atoms with van der Waals surface area (Å²) in [4.78, 5) is 14.4. The van der Waals surface area contributed by atoms with E-state index in [0.717, 1.165) is 53.1 Å². The first kappa shape index (κ1) is 25.1. The van der Waals surface area contributed by atoms with Crippen molar-refractivity contribution < 1.29 is 8.42 Å². The normalized spacial score (nSPS) is 17.9. The predicted molar refractivity (Wildman–Crippen MR) is 157 cm³/mol. The lowest BCUT2D eigenvalue weighted by molar-refractivity contribution is 0.273. The van der Waals surface area contributed by atoms with E-state index in [1.54, 1.807) is 38.2 Å². The summed E-state index contributed by atoms with van der Waals surface area (Å²) in [7, 11) is -1.33. The Morgan fingerprint density at radius 1 is 1.08 bits per heavy atom. The Labute approximate surface area is 227 Å². The van der Waals surface area contributed by atoms with Gasteiger partial charge in [0.25, 0.3) is 0 Å². The lowest BCUT2D eigenvalue weighted by Gasteiger charge is -2.37. The van der Waals surface area contributed by atoms with Crippen LogP contribution in [0.15, 0.2) is 54.0 Å². The molecular weight excluding hydrogens is 516 g/mol. The number of benzene rings is 2. The Morgan fingerprint density at radius 2 is 1.92 bits per heavy atom. The lowest BCUT2D eigenvalue weighted by Crippen LogP contribution is -2.50. The molecule has 0 amide bonds. The molecule has 0 saturated carbocycles. The number of fused-ring (bicyclic) bond motifs is 4. The van der Waals surface area contributed by atoms with Crippen molar-refractivity contribution in [3.8, 4) is 11.1 Å². The van der Waals surface area contributed by atoms with Crippen molar-refractivity contribution in [2.45, 2.75) is 38.0 Å². The summed E-state index contributed by atoms with van der Waals surface area (Å²) in [5, 5.41) is 5.45. The molecule has 1 unspecified atom stereocenters. The maximum atomic E-state index is 12.7. The summed E-state index contributed by atoms with van der Waals surface area (Å²) in [6.07, 6.45) is 2.90. The molecule has 1 fully saturated rings. The van der Waals surface area contributed by atoms with Crippen molar-refractivity contribution in [2.75, 3.05) is 41.6 Å². The highest BCUT2D eigenvalue weighted by Gasteiger charge is 2.33. The Morgan fingerprint density at radius 3 is 2.74 bits per heavy atom. The fourth-order valence-corrected chi connectivity index (χ4v) is 6.76. The number of aromatic nitrogens is 2. The number of likely N-dealkylation sites (N-methyl/N-ethyl adjacent to an activating group) is 1. The van der Waals surface area contributed by atoms with Gasteiger partial charge in [0.2, 0.25) is 16.0 Å². The van der Waals surface area contributed by atoms with E-state index in [1.165, 1.54) is 11.3 Å². The van der Waals surface area contributed by atoms with Gasteiger partial charge in [-0.1, -0.05) is 12.1 Å². The number of nitrogens with one attached hydrogen (secondary N) is 2. The number of piperazine rings is 1. The van der Waals surface area contributed by atoms with Gasteiger partial charge >= 0.3 is 0 Å². The number of thiophene rings is 1. The first-order valence-electron chi connectivity index (χ1n) is 12.8. The third-order valence-corrected chi connectivity index (χ3v) is 10.4. The molecule has 38 heavy (non-hydrogen) atoms. The average molecular weight is 549 g/mol. The van der Waals surface area contributed by atoms with Crippen LogP contribution in [0.25, 0.3) is 21.3 Å². The summed E-state index contributed by atoms with van der Waals surface area (Å²) < 4.78 is 28.1. The van der Waals surface area contributed by atoms with Crippen molar-refractivity contribution >= 4 is 54.6 Å². The molecule has 10 heteroatoms. The van der Waals surface area contributed by atoms with Gasteiger partial charge in [-0.05, 0) is 75.7 Å². The van der Waals surface area contributed by atoms with Gasteiger partial charge in [0.05, 0.1) is 21.2 Å². The Bertz CT molecular complexity index is 1630. The largest absolute Gasteiger partial charge is 0.365 e. The van der Waals surface area contributed by atoms with Crippen LogP contribution in [0.4, 0.5) is 23.0 Å². The minimum absolute atomic E-state index is 0.532. The van der Waals surface area contributed by atoms with Crippen molar-refractivity contribution in [3.63, 3.8) is 0 Å². The molecule has 1 atom stereocenters. The molecule has 2 aliphatic heterocycles. The van der Waals surface area contributed by atoms with Gasteiger partial charge in [0, 0.05) is 53.7 Å². The van der Waals surface area contributed by atoms with Gasteiger partial charge in [-0.3, -0.25) is 4.72 Å². The molecule has 4 heterocycles. The number of sulfonamides is 1. The fourth-order valence-electron chi connectivity index (χ4n) is 5.14. The van der Waals surface area contributed by atoms with Crippen LogP contribution < -0.4 is 14.9 Å². The van der Waals surface area contributed by atoms with Crippen molar-refractivity contribution in [2.24, 2.45) is 0 Å². The van der Waals surface area contributed by atoms with E-state index >= 15 is 0 Å². The van der Waals surface area contributed by atoms with Gasteiger partial charge in [0.15, 0.2) is 0 Å². The minimum atomic E-state index is -3.52. The SMILES string of the molecule is CN1CCN2c3ccc(Nc4ncc5scc(-c6cccc(NS(=O)(=O)C(C)(C)C)c6)c5n4)cc3CC2C1. The summed E-state index contributed by atoms with van der Waals surface area (Å²) in [5.41, 5.74) is 6.90. The highest BCUT2D eigenvalue weighted by Crippen LogP contribution is 2.37. The van der Waals surface area contributed by atoms with E-state index in [-0.39, 0.29) is 0 Å². The molecule has 1 saturated heterocycles. The first-order chi connectivity index (χ1) is 18.1. The van der Waals surface area contributed by atoms with Crippen LogP contribution in [-0.2, 0) is 16.4 Å². The zero-order valence-electron chi connectivity index (χ0n) is 22.0. The highest BCUT2D eigenvalue weighted by molar-refractivity contribution is 7.94. The molecule has 0 aliphatic carbocycles. The lowest BCUT2D eigenvalue weighted by atomic mass is 10.1. The van der Waals surface area contributed by atoms with E-state index in [1.807, 2.05) is 29.8 Å². The van der Waals surface area contributed by atoms with Gasteiger partial charge in [0.1, 0.15) is 0 Å². The van der Waals surface area contributed by atoms with Crippen LogP contribution in [0.5, 0.6) is 0 Å². The molecule has 0 radical (unpaired) electrons. The highest BCUT2D eigenvalue weighted by atomic mass is 32.2. The third kappa shape index (κ3) is 4.61. The van der Waals surface area contributed by atoms with Crippen LogP contribution in [0.2, 0.25) is 0 Å². The van der Waals surface area contributed by atoms with Crippen LogP contribution in [0, 0.1) is 0 Å². The number of nitrogens with zero attached hydrogens (tertiary/aromatic N) is 4. The Kier molecular flexibility index (Phi) is 6.08. The third-order valence-electron chi connectivity index (χ3n) is 7.33. The molecule has 2 aromatic carbocycles. The maximum Gasteiger partial charge on any atom is 0.237 e. The van der Waals surface area contributed by atoms with Crippen molar-refractivity contribution in [1.82, 2.24) is 14.9 Å². The summed E-state index contributed by atoms with van der Waals surface area (Å²) >= 11 is 1.57. The number of hydrogen-bond donors (Lipinski definition) is 2. The van der Waals surface area contributed by atoms with Gasteiger partial charge in [-0.2, -0.15) is 0 Å². The van der Waals surface area contributed by atoms with E-state index in [4.69, 9.17) is 4.98 Å². The van der Waals surface area contributed by atoms with E-state index in [9.17, 15) is 8.42 Å². The molecule has 0 spiro atoms. The summed E-state index contributed by atoms with van der Waals surface area (Å²) in [6.45, 7) is 8.31. The minimum Gasteiger partial charge on any atom is -0.365 e. The molecular formula is C28H32N6O2S2. The first-order valence-corrected chi connectivity index (χ1v) is 15.2. The van der Waals surface area contributed by atoms with Crippen LogP contribution in [-0.4, -0.2) is 60.8 Å². The van der Waals surface area contributed by atoms with Gasteiger partial charge in [-0.25, -0.2) is 18.4 Å². The Balaban J connectivity index is 1.26. The average Bonchev–Trinajstić information content (AvgIpc) is 3.43. The second kappa shape index (κ2) is 9.21. The molecule has 4 aromatic rings. The zero-order chi connectivity index (χ0) is 26.7. The second-order valence-electron chi connectivity index (χ2n) is 11.1. The predicted octanol–water partition coefficient (Wildman–Crippen LogP) is 5.32. The van der Waals surface area contributed by atoms with Crippen LogP contribution in [0.3, 0.4) is 0 Å². The van der Waals surface area contributed by atoms with Gasteiger partial charge in [-0.15, -0.1) is 11.3 Å². The van der Waals surface area contributed by atoms with Crippen LogP contribution >= 0.6 is 11.3 Å². The zero-order valence-corrected chi connectivity index (χ0v) is 23.7. The van der Waals surface area contributed by atoms with Crippen LogP contribution in [0.1, 0.15) is 26.3 Å². The van der Waals surface area contributed by atoms with Crippen molar-refractivity contribution in [1.29, 1.82) is 0 Å². The Hall–Kier alpha value is -3.21. The molecule has 8 nitrogen and oxygen atoms in total. The quantitative estimate of drug-likeness (QED) is 0.349. The molecule has 0 bridgehead atoms. The monoisotopic (exact) mass is 548 g/mol. The smallest absolute Gasteiger partial charge is 0.237 e. The summed E-state index contributed by atoms with van der Waals surface area (Å²) in [5.74, 6) is 0.539.